The van der Waals surface area contributed by atoms with Crippen molar-refractivity contribution in [3.63, 3.8) is 0 Å². The van der Waals surface area contributed by atoms with Gasteiger partial charge in [0.05, 0.1) is 16.0 Å². The number of hydrogen-bond acceptors (Lipinski definition) is 4. The second kappa shape index (κ2) is 5.84. The van der Waals surface area contributed by atoms with E-state index >= 15 is 0 Å². The van der Waals surface area contributed by atoms with E-state index in [4.69, 9.17) is 22.4 Å². The molecule has 0 aromatic carbocycles. The molecule has 3 rings (SSSR count). The van der Waals surface area contributed by atoms with E-state index in [0.717, 1.165) is 29.9 Å². The number of nitrogens with two attached hydrogens (primary N) is 1. The van der Waals surface area contributed by atoms with Gasteiger partial charge in [0.15, 0.2) is 14.0 Å². The van der Waals surface area contributed by atoms with Crippen LogP contribution < -0.4 is 5.73 Å². The summed E-state index contributed by atoms with van der Waals surface area (Å²) < 4.78 is 8.79. The summed E-state index contributed by atoms with van der Waals surface area (Å²) in [5.74, 6) is 0.852. The van der Waals surface area contributed by atoms with Gasteiger partial charge in [-0.15, -0.1) is 10.2 Å². The average Bonchev–Trinajstić information content (AvgIpc) is 3.18. The molecule has 0 bridgehead atoms. The Labute approximate surface area is 162 Å². The van der Waals surface area contributed by atoms with Crippen LogP contribution in [0, 0.1) is 0 Å². The van der Waals surface area contributed by atoms with E-state index in [-0.39, 0.29) is 10.5 Å². The maximum atomic E-state index is 6.75. The standard InChI is InChI=1S/C19H30N4OSSi/c1-17(2,3)26(6,7)24-18(4,5)13-9-8-12-23-14(13)21-22-16(23)19(10-11-19)15(20)25/h8-9,12H,10-11H2,1-7H3,(H2,20,25). The lowest BCUT2D eigenvalue weighted by Gasteiger charge is -2.43. The van der Waals surface area contributed by atoms with Gasteiger partial charge in [-0.1, -0.05) is 39.1 Å². The normalized spacial score (nSPS) is 17.5. The van der Waals surface area contributed by atoms with Gasteiger partial charge in [0, 0.05) is 11.8 Å². The molecular formula is C19H30N4OSSi. The number of fused-ring (bicyclic) bond motifs is 1. The van der Waals surface area contributed by atoms with Crippen molar-refractivity contribution < 1.29 is 4.43 Å². The number of rotatable bonds is 5. The minimum atomic E-state index is -1.94. The minimum absolute atomic E-state index is 0.137. The SMILES string of the molecule is CC(C)(O[Si](C)(C)C(C)(C)C)c1cccn2c(C3(C(N)=S)CC3)nnc12. The largest absolute Gasteiger partial charge is 0.408 e. The lowest BCUT2D eigenvalue weighted by molar-refractivity contribution is 0.0911. The van der Waals surface area contributed by atoms with Gasteiger partial charge in [-0.05, 0) is 50.9 Å². The van der Waals surface area contributed by atoms with Crippen LogP contribution in [0.5, 0.6) is 0 Å². The van der Waals surface area contributed by atoms with Gasteiger partial charge >= 0.3 is 0 Å². The van der Waals surface area contributed by atoms with E-state index in [1.165, 1.54) is 0 Å². The number of thiocarbonyl (C=S) groups is 1. The van der Waals surface area contributed by atoms with Crippen LogP contribution in [-0.2, 0) is 15.4 Å². The molecule has 2 aromatic rings. The Kier molecular flexibility index (Phi) is 4.37. The van der Waals surface area contributed by atoms with Crippen molar-refractivity contribution >= 4 is 31.2 Å². The van der Waals surface area contributed by atoms with E-state index in [1.54, 1.807) is 0 Å². The quantitative estimate of drug-likeness (QED) is 0.609. The molecule has 0 radical (unpaired) electrons. The van der Waals surface area contributed by atoms with Crippen molar-refractivity contribution in [2.75, 3.05) is 0 Å². The molecule has 2 heterocycles. The van der Waals surface area contributed by atoms with Crippen LogP contribution in [0.2, 0.25) is 18.1 Å². The Balaban J connectivity index is 2.07. The van der Waals surface area contributed by atoms with Gasteiger partial charge in [-0.2, -0.15) is 0 Å². The van der Waals surface area contributed by atoms with Gasteiger partial charge in [0.2, 0.25) is 0 Å². The lowest BCUT2D eigenvalue weighted by atomic mass is 9.99. The highest BCUT2D eigenvalue weighted by Crippen LogP contribution is 2.48. The van der Waals surface area contributed by atoms with Crippen LogP contribution in [0.15, 0.2) is 18.3 Å². The third-order valence-corrected chi connectivity index (χ3v) is 11.1. The summed E-state index contributed by atoms with van der Waals surface area (Å²) >= 11 is 5.30. The summed E-state index contributed by atoms with van der Waals surface area (Å²) in [5.41, 5.74) is 7.12. The van der Waals surface area contributed by atoms with E-state index in [9.17, 15) is 0 Å². The molecule has 1 fully saturated rings. The fraction of sp³-hybridized carbons (Fsp3) is 0.632. The zero-order valence-electron chi connectivity index (χ0n) is 16.9. The smallest absolute Gasteiger partial charge is 0.193 e. The summed E-state index contributed by atoms with van der Waals surface area (Å²) in [4.78, 5) is 0.508. The molecule has 1 aliphatic rings. The summed E-state index contributed by atoms with van der Waals surface area (Å²) in [5, 5.41) is 9.11. The highest BCUT2D eigenvalue weighted by molar-refractivity contribution is 7.80. The Morgan fingerprint density at radius 1 is 1.23 bits per heavy atom. The maximum Gasteiger partial charge on any atom is 0.193 e. The number of hydrogen-bond donors (Lipinski definition) is 1. The third kappa shape index (κ3) is 3.00. The molecule has 2 aromatic heterocycles. The molecule has 1 aliphatic carbocycles. The topological polar surface area (TPSA) is 65.4 Å². The molecule has 1 saturated carbocycles. The number of aromatic nitrogens is 3. The predicted octanol–water partition coefficient (Wildman–Crippen LogP) is 4.30. The van der Waals surface area contributed by atoms with E-state index in [0.29, 0.717) is 4.99 Å². The van der Waals surface area contributed by atoms with E-state index in [2.05, 4.69) is 64.0 Å². The van der Waals surface area contributed by atoms with Crippen molar-refractivity contribution in [2.24, 2.45) is 5.73 Å². The number of pyridine rings is 1. The van der Waals surface area contributed by atoms with Crippen LogP contribution in [0.4, 0.5) is 0 Å². The van der Waals surface area contributed by atoms with Gasteiger partial charge in [-0.3, -0.25) is 4.40 Å². The maximum absolute atomic E-state index is 6.75. The van der Waals surface area contributed by atoms with E-state index in [1.807, 2.05) is 16.7 Å². The number of nitrogens with zero attached hydrogens (tertiary/aromatic N) is 3. The van der Waals surface area contributed by atoms with Gasteiger partial charge in [0.25, 0.3) is 0 Å². The molecule has 7 heteroatoms. The van der Waals surface area contributed by atoms with Crippen LogP contribution in [0.1, 0.15) is 58.8 Å². The molecule has 0 unspecified atom stereocenters. The van der Waals surface area contributed by atoms with Gasteiger partial charge in [-0.25, -0.2) is 0 Å². The fourth-order valence-corrected chi connectivity index (χ4v) is 5.25. The molecule has 0 spiro atoms. The summed E-state index contributed by atoms with van der Waals surface area (Å²) in [6, 6.07) is 4.11. The molecule has 2 N–H and O–H groups in total. The first-order valence-electron chi connectivity index (χ1n) is 9.17. The van der Waals surface area contributed by atoms with Crippen LogP contribution in [0.3, 0.4) is 0 Å². The Morgan fingerprint density at radius 3 is 2.35 bits per heavy atom. The predicted molar refractivity (Wildman–Crippen MR) is 112 cm³/mol. The first-order valence-corrected chi connectivity index (χ1v) is 12.5. The van der Waals surface area contributed by atoms with Crippen LogP contribution in [0.25, 0.3) is 5.65 Å². The molecule has 142 valence electrons. The summed E-state index contributed by atoms with van der Waals surface area (Å²) in [7, 11) is -1.94. The highest BCUT2D eigenvalue weighted by atomic mass is 32.1. The van der Waals surface area contributed by atoms with Crippen molar-refractivity contribution in [3.05, 3.63) is 29.7 Å². The highest BCUT2D eigenvalue weighted by Gasteiger charge is 2.51. The summed E-state index contributed by atoms with van der Waals surface area (Å²) in [6.45, 7) is 15.6. The minimum Gasteiger partial charge on any atom is -0.408 e. The van der Waals surface area contributed by atoms with Crippen molar-refractivity contribution in [1.29, 1.82) is 0 Å². The molecular weight excluding hydrogens is 360 g/mol. The fourth-order valence-electron chi connectivity index (χ4n) is 3.26. The lowest BCUT2D eigenvalue weighted by Crippen LogP contribution is -2.46. The zero-order valence-corrected chi connectivity index (χ0v) is 18.7. The average molecular weight is 391 g/mol. The van der Waals surface area contributed by atoms with Crippen molar-refractivity contribution in [2.45, 2.75) is 76.6 Å². The van der Waals surface area contributed by atoms with E-state index < -0.39 is 13.9 Å². The molecule has 0 amide bonds. The molecule has 0 atom stereocenters. The van der Waals surface area contributed by atoms with Crippen molar-refractivity contribution in [3.8, 4) is 0 Å². The van der Waals surface area contributed by atoms with Crippen LogP contribution in [-0.4, -0.2) is 27.9 Å². The molecule has 5 nitrogen and oxygen atoms in total. The van der Waals surface area contributed by atoms with Gasteiger partial charge in [0.1, 0.15) is 5.82 Å². The Hall–Kier alpha value is -1.31. The Bertz CT molecular complexity index is 862. The molecule has 0 aliphatic heterocycles. The second-order valence-electron chi connectivity index (χ2n) is 9.46. The second-order valence-corrected chi connectivity index (χ2v) is 14.6. The third-order valence-electron chi connectivity index (χ3n) is 6.05. The zero-order chi connectivity index (χ0) is 19.5. The molecule has 26 heavy (non-hydrogen) atoms. The first-order chi connectivity index (χ1) is 11.8. The Morgan fingerprint density at radius 2 is 1.85 bits per heavy atom. The summed E-state index contributed by atoms with van der Waals surface area (Å²) in [6.07, 6.45) is 3.88. The monoisotopic (exact) mass is 390 g/mol. The van der Waals surface area contributed by atoms with Gasteiger partial charge < -0.3 is 10.2 Å². The first kappa shape index (κ1) is 19.4. The molecule has 0 saturated heterocycles. The van der Waals surface area contributed by atoms with Crippen molar-refractivity contribution in [1.82, 2.24) is 14.6 Å². The van der Waals surface area contributed by atoms with Crippen LogP contribution >= 0.6 is 12.2 Å².